The average Bonchev–Trinajstić information content (AvgIpc) is 3.33. The molecule has 0 aliphatic heterocycles. The first-order valence-electron chi connectivity index (χ1n) is 9.66. The number of carbonyl (C=O) groups is 2. The van der Waals surface area contributed by atoms with Gasteiger partial charge in [-0.05, 0) is 36.1 Å². The van der Waals surface area contributed by atoms with Crippen LogP contribution in [0.3, 0.4) is 0 Å². The summed E-state index contributed by atoms with van der Waals surface area (Å²) in [6.07, 6.45) is 2.38. The molecule has 0 aliphatic rings. The number of ether oxygens (including phenoxy) is 1. The van der Waals surface area contributed by atoms with Crippen LogP contribution in [0.1, 0.15) is 32.0 Å². The molecule has 0 saturated carbocycles. The van der Waals surface area contributed by atoms with Gasteiger partial charge in [0.25, 0.3) is 5.91 Å². The summed E-state index contributed by atoms with van der Waals surface area (Å²) in [6.45, 7) is 0.893. The van der Waals surface area contributed by atoms with E-state index in [2.05, 4.69) is 10.3 Å². The normalized spacial score (nSPS) is 10.7. The van der Waals surface area contributed by atoms with E-state index in [9.17, 15) is 9.59 Å². The van der Waals surface area contributed by atoms with Crippen LogP contribution in [-0.2, 0) is 0 Å². The molecule has 30 heavy (non-hydrogen) atoms. The van der Waals surface area contributed by atoms with Crippen LogP contribution in [-0.4, -0.2) is 29.8 Å². The number of nitrogens with zero attached hydrogens (tertiary/aromatic N) is 1. The highest BCUT2D eigenvalue weighted by atomic mass is 32.1. The molecule has 0 unspecified atom stereocenters. The number of hydrogen-bond acceptors (Lipinski definition) is 5. The van der Waals surface area contributed by atoms with Gasteiger partial charge in [-0.2, -0.15) is 0 Å². The summed E-state index contributed by atoms with van der Waals surface area (Å²) in [4.78, 5) is 30.3. The number of rotatable bonds is 8. The van der Waals surface area contributed by atoms with Crippen LogP contribution in [0, 0.1) is 0 Å². The lowest BCUT2D eigenvalue weighted by Crippen LogP contribution is -2.27. The third-order valence-corrected chi connectivity index (χ3v) is 5.49. The second kappa shape index (κ2) is 9.33. The maximum atomic E-state index is 12.7. The van der Waals surface area contributed by atoms with Gasteiger partial charge in [-0.25, -0.2) is 0 Å². The Balaban J connectivity index is 1.33. The number of benzene rings is 2. The molecule has 2 aromatic heterocycles. The molecule has 0 aliphatic carbocycles. The summed E-state index contributed by atoms with van der Waals surface area (Å²) >= 11 is 1.37. The van der Waals surface area contributed by atoms with Gasteiger partial charge in [-0.1, -0.05) is 42.5 Å². The average molecular weight is 417 g/mol. The van der Waals surface area contributed by atoms with Crippen LogP contribution in [0.25, 0.3) is 10.9 Å². The van der Waals surface area contributed by atoms with E-state index < -0.39 is 0 Å². The zero-order valence-corrected chi connectivity index (χ0v) is 17.0. The van der Waals surface area contributed by atoms with Crippen LogP contribution in [0.2, 0.25) is 0 Å². The number of nitrogens with one attached hydrogen (secondary N) is 1. The number of hydrogen-bond donors (Lipinski definition) is 1. The third kappa shape index (κ3) is 4.39. The van der Waals surface area contributed by atoms with Crippen LogP contribution >= 0.6 is 11.3 Å². The van der Waals surface area contributed by atoms with Crippen molar-refractivity contribution >= 4 is 33.9 Å². The highest BCUT2D eigenvalue weighted by Crippen LogP contribution is 2.23. The van der Waals surface area contributed by atoms with E-state index in [1.807, 2.05) is 41.8 Å². The van der Waals surface area contributed by atoms with Crippen molar-refractivity contribution in [3.63, 3.8) is 0 Å². The molecular formula is C24H20N2O3S. The van der Waals surface area contributed by atoms with Crippen molar-refractivity contribution in [3.05, 3.63) is 94.3 Å². The Kier molecular flexibility index (Phi) is 6.15. The van der Waals surface area contributed by atoms with Crippen molar-refractivity contribution in [2.24, 2.45) is 0 Å². The molecule has 0 atom stereocenters. The minimum absolute atomic E-state index is 0.137. The fourth-order valence-electron chi connectivity index (χ4n) is 3.16. The number of pyridine rings is 1. The van der Waals surface area contributed by atoms with Crippen LogP contribution in [0.15, 0.2) is 78.3 Å². The number of fused-ring (bicyclic) bond motifs is 1. The van der Waals surface area contributed by atoms with E-state index in [1.54, 1.807) is 36.5 Å². The maximum Gasteiger partial charge on any atom is 0.252 e. The van der Waals surface area contributed by atoms with Crippen molar-refractivity contribution in [2.45, 2.75) is 6.42 Å². The Labute approximate surface area is 178 Å². The number of amides is 1. The van der Waals surface area contributed by atoms with Gasteiger partial charge in [0, 0.05) is 23.7 Å². The lowest BCUT2D eigenvalue weighted by molar-refractivity contribution is 0.0940. The van der Waals surface area contributed by atoms with E-state index in [4.69, 9.17) is 4.74 Å². The van der Waals surface area contributed by atoms with Gasteiger partial charge < -0.3 is 10.1 Å². The number of ketones is 1. The molecule has 4 aromatic rings. The second-order valence-electron chi connectivity index (χ2n) is 6.64. The number of thiophene rings is 1. The van der Waals surface area contributed by atoms with E-state index in [-0.39, 0.29) is 11.7 Å². The zero-order valence-electron chi connectivity index (χ0n) is 16.2. The number of aromatic nitrogens is 1. The topological polar surface area (TPSA) is 68.3 Å². The van der Waals surface area contributed by atoms with Crippen molar-refractivity contribution in [1.29, 1.82) is 0 Å². The highest BCUT2D eigenvalue weighted by molar-refractivity contribution is 7.12. The summed E-state index contributed by atoms with van der Waals surface area (Å²) in [7, 11) is 0. The molecule has 4 rings (SSSR count). The lowest BCUT2D eigenvalue weighted by Gasteiger charge is -2.10. The zero-order chi connectivity index (χ0) is 20.8. The quantitative estimate of drug-likeness (QED) is 0.333. The van der Waals surface area contributed by atoms with Crippen LogP contribution in [0.4, 0.5) is 0 Å². The molecule has 0 spiro atoms. The van der Waals surface area contributed by atoms with E-state index in [0.717, 1.165) is 16.7 Å². The van der Waals surface area contributed by atoms with E-state index in [1.165, 1.54) is 11.3 Å². The standard InChI is InChI=1S/C24H20N2O3S/c27-23(21-12-5-16-30-21)18-9-1-2-10-19(18)24(28)26-14-6-15-29-20-11-3-7-17-8-4-13-25-22(17)20/h1-5,7-13,16H,6,14-15H2,(H,26,28). The van der Waals surface area contributed by atoms with Crippen LogP contribution < -0.4 is 10.1 Å². The molecule has 0 bridgehead atoms. The molecule has 0 fully saturated rings. The molecule has 2 heterocycles. The van der Waals surface area contributed by atoms with E-state index >= 15 is 0 Å². The monoisotopic (exact) mass is 416 g/mol. The lowest BCUT2D eigenvalue weighted by atomic mass is 10.0. The Morgan fingerprint density at radius 1 is 0.933 bits per heavy atom. The van der Waals surface area contributed by atoms with Gasteiger partial charge in [0.1, 0.15) is 11.3 Å². The van der Waals surface area contributed by atoms with Gasteiger partial charge in [-0.3, -0.25) is 14.6 Å². The number of para-hydroxylation sites is 1. The summed E-state index contributed by atoms with van der Waals surface area (Å²) in [5.74, 6) is 0.330. The molecule has 5 nitrogen and oxygen atoms in total. The molecule has 0 radical (unpaired) electrons. The van der Waals surface area contributed by atoms with Gasteiger partial charge in [-0.15, -0.1) is 11.3 Å². The summed E-state index contributed by atoms with van der Waals surface area (Å²) in [5, 5.41) is 5.75. The SMILES string of the molecule is O=C(NCCCOc1cccc2cccnc12)c1ccccc1C(=O)c1cccs1. The van der Waals surface area contributed by atoms with Crippen LogP contribution in [0.5, 0.6) is 5.75 Å². The maximum absolute atomic E-state index is 12.7. The largest absolute Gasteiger partial charge is 0.491 e. The predicted octanol–water partition coefficient (Wildman–Crippen LogP) is 4.73. The minimum Gasteiger partial charge on any atom is -0.491 e. The first-order chi connectivity index (χ1) is 14.7. The van der Waals surface area contributed by atoms with Crippen molar-refractivity contribution in [2.75, 3.05) is 13.2 Å². The van der Waals surface area contributed by atoms with Gasteiger partial charge in [0.15, 0.2) is 0 Å². The minimum atomic E-state index is -0.262. The molecular weight excluding hydrogens is 396 g/mol. The fraction of sp³-hybridized carbons (Fsp3) is 0.125. The Morgan fingerprint density at radius 3 is 2.60 bits per heavy atom. The first-order valence-corrected chi connectivity index (χ1v) is 10.5. The molecule has 0 saturated heterocycles. The molecule has 150 valence electrons. The second-order valence-corrected chi connectivity index (χ2v) is 7.59. The van der Waals surface area contributed by atoms with Gasteiger partial charge >= 0.3 is 0 Å². The summed E-state index contributed by atoms with van der Waals surface area (Å²) in [6, 6.07) is 20.2. The molecule has 1 amide bonds. The molecule has 2 aromatic carbocycles. The Bertz CT molecular complexity index is 1170. The molecule has 1 N–H and O–H groups in total. The smallest absolute Gasteiger partial charge is 0.252 e. The number of carbonyl (C=O) groups excluding carboxylic acids is 2. The fourth-order valence-corrected chi connectivity index (χ4v) is 3.84. The van der Waals surface area contributed by atoms with Crippen molar-refractivity contribution in [1.82, 2.24) is 10.3 Å². The summed E-state index contributed by atoms with van der Waals surface area (Å²) in [5.41, 5.74) is 1.62. The van der Waals surface area contributed by atoms with Crippen molar-refractivity contribution in [3.8, 4) is 5.75 Å². The van der Waals surface area contributed by atoms with Crippen molar-refractivity contribution < 1.29 is 14.3 Å². The Hall–Kier alpha value is -3.51. The first kappa shape index (κ1) is 19.8. The predicted molar refractivity (Wildman–Crippen MR) is 118 cm³/mol. The summed E-state index contributed by atoms with van der Waals surface area (Å²) < 4.78 is 5.85. The van der Waals surface area contributed by atoms with E-state index in [0.29, 0.717) is 35.6 Å². The third-order valence-electron chi connectivity index (χ3n) is 4.62. The van der Waals surface area contributed by atoms with Gasteiger partial charge in [0.2, 0.25) is 5.78 Å². The Morgan fingerprint density at radius 2 is 1.77 bits per heavy atom. The highest BCUT2D eigenvalue weighted by Gasteiger charge is 2.18. The van der Waals surface area contributed by atoms with Gasteiger partial charge in [0.05, 0.1) is 17.0 Å². The molecule has 6 heteroatoms.